The van der Waals surface area contributed by atoms with E-state index in [2.05, 4.69) is 10.9 Å². The van der Waals surface area contributed by atoms with Gasteiger partial charge in [-0.15, -0.1) is 0 Å². The highest BCUT2D eigenvalue weighted by Crippen LogP contribution is 2.22. The van der Waals surface area contributed by atoms with E-state index in [0.717, 1.165) is 5.56 Å². The monoisotopic (exact) mass is 458 g/mol. The largest absolute Gasteiger partial charge is 0.454 e. The molecule has 2 N–H and O–H groups in total. The van der Waals surface area contributed by atoms with Crippen LogP contribution in [0.3, 0.4) is 0 Å². The molecular formula is C22H26N4O5S. The second-order valence-corrected chi connectivity index (χ2v) is 9.68. The molecular weight excluding hydrogens is 432 g/mol. The quantitative estimate of drug-likeness (QED) is 0.613. The maximum atomic E-state index is 12.7. The van der Waals surface area contributed by atoms with E-state index in [1.165, 1.54) is 9.21 Å². The molecule has 0 saturated carbocycles. The van der Waals surface area contributed by atoms with Crippen LogP contribution in [0.1, 0.15) is 18.0 Å². The number of carbonyl (C=O) groups excluding carboxylic acids is 2. The van der Waals surface area contributed by atoms with Crippen LogP contribution in [0.2, 0.25) is 0 Å². The van der Waals surface area contributed by atoms with E-state index in [1.54, 1.807) is 30.3 Å². The minimum Gasteiger partial charge on any atom is -0.454 e. The highest BCUT2D eigenvalue weighted by molar-refractivity contribution is 7.89. The van der Waals surface area contributed by atoms with Crippen molar-refractivity contribution in [2.24, 2.45) is 0 Å². The Labute approximate surface area is 187 Å². The molecule has 2 aliphatic heterocycles. The Morgan fingerprint density at radius 1 is 0.906 bits per heavy atom. The molecule has 170 valence electrons. The van der Waals surface area contributed by atoms with Crippen LogP contribution in [0.15, 0.2) is 65.6 Å². The van der Waals surface area contributed by atoms with Crippen LogP contribution >= 0.6 is 0 Å². The fourth-order valence-corrected chi connectivity index (χ4v) is 5.30. The Morgan fingerprint density at radius 2 is 1.53 bits per heavy atom. The molecule has 2 saturated heterocycles. The van der Waals surface area contributed by atoms with Gasteiger partial charge >= 0.3 is 5.97 Å². The number of nitrogens with zero attached hydrogens (tertiary/aromatic N) is 2. The molecule has 0 spiro atoms. The lowest BCUT2D eigenvalue weighted by Gasteiger charge is -2.33. The lowest BCUT2D eigenvalue weighted by Crippen LogP contribution is -2.51. The normalized spacial score (nSPS) is 21.9. The van der Waals surface area contributed by atoms with Crippen LogP contribution in [0.25, 0.3) is 0 Å². The summed E-state index contributed by atoms with van der Waals surface area (Å²) in [6, 6.07) is 17.4. The van der Waals surface area contributed by atoms with Gasteiger partial charge in [0.1, 0.15) is 6.04 Å². The van der Waals surface area contributed by atoms with E-state index in [1.807, 2.05) is 30.3 Å². The zero-order valence-corrected chi connectivity index (χ0v) is 18.3. The summed E-state index contributed by atoms with van der Waals surface area (Å²) < 4.78 is 32.0. The van der Waals surface area contributed by atoms with Crippen molar-refractivity contribution in [3.05, 3.63) is 66.2 Å². The molecule has 0 bridgehead atoms. The highest BCUT2D eigenvalue weighted by Gasteiger charge is 2.33. The van der Waals surface area contributed by atoms with Gasteiger partial charge in [-0.3, -0.25) is 9.59 Å². The van der Waals surface area contributed by atoms with Crippen molar-refractivity contribution in [3.63, 3.8) is 0 Å². The number of nitrogens with one attached hydrogen (secondary N) is 2. The van der Waals surface area contributed by atoms with Gasteiger partial charge in [-0.2, -0.15) is 4.31 Å². The number of hydrogen-bond donors (Lipinski definition) is 2. The number of rotatable bonds is 6. The number of piperazine rings is 1. The topological polar surface area (TPSA) is 108 Å². The van der Waals surface area contributed by atoms with Crippen molar-refractivity contribution in [2.45, 2.75) is 23.4 Å². The van der Waals surface area contributed by atoms with Crippen LogP contribution < -0.4 is 10.9 Å². The molecule has 32 heavy (non-hydrogen) atoms. The zero-order valence-electron chi connectivity index (χ0n) is 17.5. The van der Waals surface area contributed by atoms with E-state index >= 15 is 0 Å². The number of carbonyl (C=O) groups is 2. The molecule has 2 unspecified atom stereocenters. The lowest BCUT2D eigenvalue weighted by atomic mass is 10.0. The van der Waals surface area contributed by atoms with Crippen molar-refractivity contribution in [1.29, 1.82) is 0 Å². The van der Waals surface area contributed by atoms with Crippen LogP contribution in [0.5, 0.6) is 0 Å². The number of amides is 1. The third kappa shape index (κ3) is 4.99. The first-order chi connectivity index (χ1) is 15.4. The SMILES string of the molecule is O=C(OCC(=O)N1CCN(S(=O)(=O)c2ccccc2)CC1)C1CC(c2ccccc2)NN1. The Hall–Kier alpha value is -2.79. The van der Waals surface area contributed by atoms with E-state index in [0.29, 0.717) is 6.42 Å². The van der Waals surface area contributed by atoms with Gasteiger partial charge in [0.25, 0.3) is 5.91 Å². The molecule has 4 rings (SSSR count). The summed E-state index contributed by atoms with van der Waals surface area (Å²) in [5, 5.41) is 0. The molecule has 2 fully saturated rings. The van der Waals surface area contributed by atoms with Gasteiger partial charge in [0, 0.05) is 32.2 Å². The first-order valence-electron chi connectivity index (χ1n) is 10.5. The Bertz CT molecular complexity index is 1040. The van der Waals surface area contributed by atoms with E-state index < -0.39 is 22.0 Å². The van der Waals surface area contributed by atoms with E-state index in [-0.39, 0.29) is 49.6 Å². The van der Waals surface area contributed by atoms with Gasteiger partial charge in [-0.25, -0.2) is 19.3 Å². The molecule has 2 heterocycles. The molecule has 1 amide bonds. The third-order valence-corrected chi connectivity index (χ3v) is 7.61. The van der Waals surface area contributed by atoms with Gasteiger partial charge in [-0.1, -0.05) is 48.5 Å². The Morgan fingerprint density at radius 3 is 2.19 bits per heavy atom. The maximum absolute atomic E-state index is 12.7. The second kappa shape index (κ2) is 9.78. The Balaban J connectivity index is 1.23. The lowest BCUT2D eigenvalue weighted by molar-refractivity contribution is -0.154. The van der Waals surface area contributed by atoms with Crippen LogP contribution in [0.4, 0.5) is 0 Å². The number of hydrogen-bond acceptors (Lipinski definition) is 7. The third-order valence-electron chi connectivity index (χ3n) is 5.70. The molecule has 2 aromatic rings. The average Bonchev–Trinajstić information content (AvgIpc) is 3.34. The van der Waals surface area contributed by atoms with Crippen molar-refractivity contribution < 1.29 is 22.7 Å². The van der Waals surface area contributed by atoms with Crippen LogP contribution in [-0.2, 0) is 24.3 Å². The molecule has 0 aliphatic carbocycles. The van der Waals surface area contributed by atoms with Crippen LogP contribution in [0, 0.1) is 0 Å². The summed E-state index contributed by atoms with van der Waals surface area (Å²) in [5.74, 6) is -0.824. The smallest absolute Gasteiger partial charge is 0.325 e. The fraction of sp³-hybridized carbons (Fsp3) is 0.364. The number of hydrazine groups is 1. The van der Waals surface area contributed by atoms with Gasteiger partial charge in [0.05, 0.1) is 4.90 Å². The Kier molecular flexibility index (Phi) is 6.85. The number of esters is 1. The first-order valence-corrected chi connectivity index (χ1v) is 11.9. The fourth-order valence-electron chi connectivity index (χ4n) is 3.86. The summed E-state index contributed by atoms with van der Waals surface area (Å²) in [4.78, 5) is 26.6. The van der Waals surface area contributed by atoms with Gasteiger partial charge in [0.15, 0.2) is 6.61 Å². The summed E-state index contributed by atoms with van der Waals surface area (Å²) >= 11 is 0. The van der Waals surface area contributed by atoms with Gasteiger partial charge in [0.2, 0.25) is 10.0 Å². The molecule has 10 heteroatoms. The number of sulfonamides is 1. The van der Waals surface area contributed by atoms with E-state index in [9.17, 15) is 18.0 Å². The minimum absolute atomic E-state index is 0.0101. The van der Waals surface area contributed by atoms with Crippen molar-refractivity contribution in [3.8, 4) is 0 Å². The van der Waals surface area contributed by atoms with E-state index in [4.69, 9.17) is 4.74 Å². The summed E-state index contributed by atoms with van der Waals surface area (Å²) in [5.41, 5.74) is 7.07. The van der Waals surface area contributed by atoms with Crippen molar-refractivity contribution >= 4 is 21.9 Å². The summed E-state index contributed by atoms with van der Waals surface area (Å²) in [7, 11) is -3.58. The van der Waals surface area contributed by atoms with Crippen molar-refractivity contribution in [1.82, 2.24) is 20.1 Å². The summed E-state index contributed by atoms with van der Waals surface area (Å²) in [6.45, 7) is 0.537. The maximum Gasteiger partial charge on any atom is 0.325 e. The van der Waals surface area contributed by atoms with Crippen molar-refractivity contribution in [2.75, 3.05) is 32.8 Å². The zero-order chi connectivity index (χ0) is 22.6. The molecule has 9 nitrogen and oxygen atoms in total. The second-order valence-electron chi connectivity index (χ2n) is 7.75. The average molecular weight is 459 g/mol. The standard InChI is InChI=1S/C22H26N4O5S/c27-21(16-31-22(28)20-15-19(23-24-20)17-7-3-1-4-8-17)25-11-13-26(14-12-25)32(29,30)18-9-5-2-6-10-18/h1-10,19-20,23-24H,11-16H2. The predicted octanol–water partition coefficient (Wildman–Crippen LogP) is 0.671. The van der Waals surface area contributed by atoms with Gasteiger partial charge < -0.3 is 9.64 Å². The van der Waals surface area contributed by atoms with Crippen LogP contribution in [-0.4, -0.2) is 68.3 Å². The predicted molar refractivity (Wildman–Crippen MR) is 117 cm³/mol. The number of benzene rings is 2. The molecule has 2 atom stereocenters. The minimum atomic E-state index is -3.58. The summed E-state index contributed by atoms with van der Waals surface area (Å²) in [6.07, 6.45) is 0.521. The first kappa shape index (κ1) is 22.4. The molecule has 2 aromatic carbocycles. The molecule has 2 aliphatic rings. The molecule has 0 radical (unpaired) electrons. The number of ether oxygens (including phenoxy) is 1. The highest BCUT2D eigenvalue weighted by atomic mass is 32.2. The van der Waals surface area contributed by atoms with Gasteiger partial charge in [-0.05, 0) is 24.1 Å². The molecule has 0 aromatic heterocycles.